The molecule has 1 atom stereocenters. The average Bonchev–Trinajstić information content (AvgIpc) is 2.85. The smallest absolute Gasteiger partial charge is 0.338 e. The summed E-state index contributed by atoms with van der Waals surface area (Å²) in [7, 11) is 0. The van der Waals surface area contributed by atoms with Gasteiger partial charge in [0.25, 0.3) is 5.69 Å². The largest absolute Gasteiger partial charge is 0.478 e. The average molecular weight is 293 g/mol. The zero-order valence-corrected chi connectivity index (χ0v) is 10.7. The van der Waals surface area contributed by atoms with Crippen LogP contribution >= 0.6 is 0 Å². The third kappa shape index (κ3) is 3.14. The molecule has 9 nitrogen and oxygen atoms in total. The number of carboxylic acid groups (broad SMARTS) is 1. The van der Waals surface area contributed by atoms with Crippen molar-refractivity contribution in [1.82, 2.24) is 5.32 Å². The first-order valence-electron chi connectivity index (χ1n) is 6.00. The number of carbonyl (C=O) groups is 3. The zero-order valence-electron chi connectivity index (χ0n) is 10.7. The molecule has 1 aromatic rings. The summed E-state index contributed by atoms with van der Waals surface area (Å²) < 4.78 is 0. The second-order valence-electron chi connectivity index (χ2n) is 4.44. The molecular weight excluding hydrogens is 282 g/mol. The van der Waals surface area contributed by atoms with Gasteiger partial charge in [0.15, 0.2) is 0 Å². The molecule has 1 aliphatic heterocycles. The van der Waals surface area contributed by atoms with E-state index in [0.717, 1.165) is 18.2 Å². The molecule has 1 heterocycles. The van der Waals surface area contributed by atoms with E-state index < -0.39 is 22.8 Å². The van der Waals surface area contributed by atoms with Crippen LogP contribution in [0.3, 0.4) is 0 Å². The Morgan fingerprint density at radius 3 is 2.67 bits per heavy atom. The Bertz CT molecular complexity index is 642. The summed E-state index contributed by atoms with van der Waals surface area (Å²) >= 11 is 0. The molecule has 1 aliphatic rings. The predicted molar refractivity (Wildman–Crippen MR) is 69.9 cm³/mol. The van der Waals surface area contributed by atoms with Crippen LogP contribution in [-0.2, 0) is 9.59 Å². The second kappa shape index (κ2) is 5.57. The molecule has 0 aliphatic carbocycles. The third-order valence-electron chi connectivity index (χ3n) is 3.01. The van der Waals surface area contributed by atoms with Crippen LogP contribution in [0, 0.1) is 10.1 Å². The molecule has 9 heteroatoms. The van der Waals surface area contributed by atoms with Gasteiger partial charge in [-0.05, 0) is 12.5 Å². The molecule has 2 amide bonds. The van der Waals surface area contributed by atoms with Gasteiger partial charge in [0.1, 0.15) is 6.04 Å². The SMILES string of the molecule is O=C1CC[C@@H](C(=O)Nc2ccc([N+](=O)[O-])cc2C(=O)O)N1. The van der Waals surface area contributed by atoms with Crippen LogP contribution in [-0.4, -0.2) is 33.9 Å². The van der Waals surface area contributed by atoms with Crippen molar-refractivity contribution in [3.8, 4) is 0 Å². The van der Waals surface area contributed by atoms with Gasteiger partial charge in [-0.25, -0.2) is 4.79 Å². The van der Waals surface area contributed by atoms with Crippen molar-refractivity contribution in [2.75, 3.05) is 5.32 Å². The normalized spacial score (nSPS) is 17.1. The molecular formula is C12H11N3O6. The molecule has 3 N–H and O–H groups in total. The number of benzene rings is 1. The van der Waals surface area contributed by atoms with E-state index in [4.69, 9.17) is 5.11 Å². The van der Waals surface area contributed by atoms with Crippen LogP contribution in [0.2, 0.25) is 0 Å². The van der Waals surface area contributed by atoms with Crippen molar-refractivity contribution in [1.29, 1.82) is 0 Å². The minimum Gasteiger partial charge on any atom is -0.478 e. The van der Waals surface area contributed by atoms with Gasteiger partial charge >= 0.3 is 5.97 Å². The Balaban J connectivity index is 2.23. The summed E-state index contributed by atoms with van der Waals surface area (Å²) in [4.78, 5) is 44.0. The van der Waals surface area contributed by atoms with Crippen LogP contribution in [0.5, 0.6) is 0 Å². The minimum absolute atomic E-state index is 0.0563. The van der Waals surface area contributed by atoms with Gasteiger partial charge in [-0.3, -0.25) is 19.7 Å². The molecule has 0 bridgehead atoms. The van der Waals surface area contributed by atoms with E-state index in [2.05, 4.69) is 10.6 Å². The lowest BCUT2D eigenvalue weighted by Gasteiger charge is -2.12. The Labute approximate surface area is 118 Å². The van der Waals surface area contributed by atoms with Gasteiger partial charge in [0.2, 0.25) is 11.8 Å². The van der Waals surface area contributed by atoms with Crippen LogP contribution in [0.4, 0.5) is 11.4 Å². The summed E-state index contributed by atoms with van der Waals surface area (Å²) in [6.45, 7) is 0. The number of hydrogen-bond acceptors (Lipinski definition) is 5. The molecule has 2 rings (SSSR count). The molecule has 0 spiro atoms. The van der Waals surface area contributed by atoms with Crippen LogP contribution in [0.15, 0.2) is 18.2 Å². The molecule has 110 valence electrons. The summed E-state index contributed by atoms with van der Waals surface area (Å²) in [5.74, 6) is -2.21. The lowest BCUT2D eigenvalue weighted by molar-refractivity contribution is -0.384. The number of rotatable bonds is 4. The van der Waals surface area contributed by atoms with Crippen molar-refractivity contribution in [2.45, 2.75) is 18.9 Å². The summed E-state index contributed by atoms with van der Waals surface area (Å²) in [6, 6.07) is 2.38. The maximum atomic E-state index is 11.9. The number of amides is 2. The van der Waals surface area contributed by atoms with E-state index in [9.17, 15) is 24.5 Å². The van der Waals surface area contributed by atoms with E-state index in [1.54, 1.807) is 0 Å². The van der Waals surface area contributed by atoms with Crippen LogP contribution < -0.4 is 10.6 Å². The maximum Gasteiger partial charge on any atom is 0.338 e. The third-order valence-corrected chi connectivity index (χ3v) is 3.01. The van der Waals surface area contributed by atoms with Gasteiger partial charge in [0.05, 0.1) is 16.2 Å². The molecule has 0 aromatic heterocycles. The Kier molecular flexibility index (Phi) is 3.83. The number of nitro benzene ring substituents is 1. The zero-order chi connectivity index (χ0) is 15.6. The standard InChI is InChI=1S/C12H11N3O6/c16-10-4-3-9(13-10)11(17)14-8-2-1-6(15(20)21)5-7(8)12(18)19/h1-2,5,9H,3-4H2,(H,13,16)(H,14,17)(H,18,19)/t9-/m0/s1. The first-order valence-corrected chi connectivity index (χ1v) is 6.00. The topological polar surface area (TPSA) is 139 Å². The molecule has 1 saturated heterocycles. The van der Waals surface area contributed by atoms with Gasteiger partial charge in [-0.2, -0.15) is 0 Å². The first kappa shape index (κ1) is 14.4. The van der Waals surface area contributed by atoms with Gasteiger partial charge in [0, 0.05) is 18.6 Å². The van der Waals surface area contributed by atoms with E-state index in [1.165, 1.54) is 0 Å². The van der Waals surface area contributed by atoms with Crippen molar-refractivity contribution >= 4 is 29.2 Å². The Hall–Kier alpha value is -2.97. The molecule has 0 unspecified atom stereocenters. The summed E-state index contributed by atoms with van der Waals surface area (Å²) in [5, 5.41) is 24.5. The highest BCUT2D eigenvalue weighted by Crippen LogP contribution is 2.23. The van der Waals surface area contributed by atoms with Gasteiger partial charge < -0.3 is 15.7 Å². The van der Waals surface area contributed by atoms with Crippen molar-refractivity contribution in [2.24, 2.45) is 0 Å². The number of nitrogens with one attached hydrogen (secondary N) is 2. The van der Waals surface area contributed by atoms with Crippen molar-refractivity contribution < 1.29 is 24.4 Å². The number of carbonyl (C=O) groups excluding carboxylic acids is 2. The quantitative estimate of drug-likeness (QED) is 0.546. The van der Waals surface area contributed by atoms with E-state index in [1.807, 2.05) is 0 Å². The van der Waals surface area contributed by atoms with Crippen LogP contribution in [0.1, 0.15) is 23.2 Å². The van der Waals surface area contributed by atoms with E-state index >= 15 is 0 Å². The van der Waals surface area contributed by atoms with Crippen LogP contribution in [0.25, 0.3) is 0 Å². The second-order valence-corrected chi connectivity index (χ2v) is 4.44. The van der Waals surface area contributed by atoms with Gasteiger partial charge in [-0.15, -0.1) is 0 Å². The molecule has 1 aromatic carbocycles. The highest BCUT2D eigenvalue weighted by molar-refractivity contribution is 6.04. The fraction of sp³-hybridized carbons (Fsp3) is 0.250. The van der Waals surface area contributed by atoms with Crippen molar-refractivity contribution in [3.05, 3.63) is 33.9 Å². The Morgan fingerprint density at radius 2 is 2.14 bits per heavy atom. The number of non-ortho nitro benzene ring substituents is 1. The maximum absolute atomic E-state index is 11.9. The predicted octanol–water partition coefficient (Wildman–Crippen LogP) is 0.510. The van der Waals surface area contributed by atoms with E-state index in [0.29, 0.717) is 6.42 Å². The first-order chi connectivity index (χ1) is 9.88. The lowest BCUT2D eigenvalue weighted by Crippen LogP contribution is -2.37. The fourth-order valence-corrected chi connectivity index (χ4v) is 1.96. The lowest BCUT2D eigenvalue weighted by atomic mass is 10.1. The number of nitro groups is 1. The highest BCUT2D eigenvalue weighted by atomic mass is 16.6. The van der Waals surface area contributed by atoms with Gasteiger partial charge in [-0.1, -0.05) is 0 Å². The number of hydrogen-bond donors (Lipinski definition) is 3. The fourth-order valence-electron chi connectivity index (χ4n) is 1.96. The molecule has 21 heavy (non-hydrogen) atoms. The number of aromatic carboxylic acids is 1. The minimum atomic E-state index is -1.40. The van der Waals surface area contributed by atoms with E-state index in [-0.39, 0.29) is 29.3 Å². The summed E-state index contributed by atoms with van der Waals surface area (Å²) in [6.07, 6.45) is 0.546. The Morgan fingerprint density at radius 1 is 1.43 bits per heavy atom. The highest BCUT2D eigenvalue weighted by Gasteiger charge is 2.28. The molecule has 0 radical (unpaired) electrons. The van der Waals surface area contributed by atoms with Crippen molar-refractivity contribution in [3.63, 3.8) is 0 Å². The molecule has 1 fully saturated rings. The summed E-state index contributed by atoms with van der Waals surface area (Å²) in [5.41, 5.74) is -0.833. The monoisotopic (exact) mass is 293 g/mol. The molecule has 0 saturated carbocycles. The number of nitrogens with zero attached hydrogens (tertiary/aromatic N) is 1. The number of carboxylic acids is 1. The number of anilines is 1.